The molecule has 1 aromatic carbocycles. The van der Waals surface area contributed by atoms with Crippen molar-refractivity contribution in [3.05, 3.63) is 32.8 Å². The van der Waals surface area contributed by atoms with E-state index in [-0.39, 0.29) is 6.42 Å². The maximum Gasteiger partial charge on any atom is 0.0641 e. The van der Waals surface area contributed by atoms with Crippen LogP contribution in [0.2, 0.25) is 15.1 Å². The average molecular weight is 250 g/mol. The predicted molar refractivity (Wildman–Crippen MR) is 58.6 cm³/mol. The van der Waals surface area contributed by atoms with Crippen molar-refractivity contribution in [3.63, 3.8) is 0 Å². The number of benzene rings is 1. The summed E-state index contributed by atoms with van der Waals surface area (Å²) in [7, 11) is 0. The maximum absolute atomic E-state index is 8.49. The first kappa shape index (κ1) is 11.6. The molecule has 0 bridgehead atoms. The Morgan fingerprint density at radius 3 is 2.57 bits per heavy atom. The zero-order valence-corrected chi connectivity index (χ0v) is 9.37. The second-order valence-electron chi connectivity index (χ2n) is 2.76. The SMILES string of the molecule is N#CC[C@H](N)c1cc(Cl)cc(Cl)c1Cl. The van der Waals surface area contributed by atoms with Gasteiger partial charge in [-0.15, -0.1) is 0 Å². The van der Waals surface area contributed by atoms with Crippen LogP contribution in [0.25, 0.3) is 0 Å². The van der Waals surface area contributed by atoms with Gasteiger partial charge in [0.25, 0.3) is 0 Å². The Bertz CT molecular complexity index is 384. The van der Waals surface area contributed by atoms with Gasteiger partial charge in [-0.3, -0.25) is 0 Å². The van der Waals surface area contributed by atoms with Crippen molar-refractivity contribution in [2.75, 3.05) is 0 Å². The quantitative estimate of drug-likeness (QED) is 0.815. The number of hydrogen-bond acceptors (Lipinski definition) is 2. The topological polar surface area (TPSA) is 49.8 Å². The van der Waals surface area contributed by atoms with Gasteiger partial charge in [0.2, 0.25) is 0 Å². The molecule has 0 amide bonds. The van der Waals surface area contributed by atoms with Crippen LogP contribution in [0.5, 0.6) is 0 Å². The summed E-state index contributed by atoms with van der Waals surface area (Å²) < 4.78 is 0. The molecular weight excluding hydrogens is 242 g/mol. The Balaban J connectivity index is 3.14. The Hall–Kier alpha value is -0.460. The predicted octanol–water partition coefficient (Wildman–Crippen LogP) is 3.56. The molecule has 0 saturated heterocycles. The lowest BCUT2D eigenvalue weighted by Crippen LogP contribution is -2.10. The van der Waals surface area contributed by atoms with Crippen LogP contribution in [0.4, 0.5) is 0 Å². The van der Waals surface area contributed by atoms with Crippen LogP contribution in [-0.2, 0) is 0 Å². The van der Waals surface area contributed by atoms with E-state index in [9.17, 15) is 0 Å². The highest BCUT2D eigenvalue weighted by Gasteiger charge is 2.13. The minimum atomic E-state index is -0.455. The fraction of sp³-hybridized carbons (Fsp3) is 0.222. The van der Waals surface area contributed by atoms with E-state index in [1.165, 1.54) is 6.07 Å². The number of nitrogens with zero attached hydrogens (tertiary/aromatic N) is 1. The lowest BCUT2D eigenvalue weighted by molar-refractivity contribution is 0.749. The zero-order chi connectivity index (χ0) is 10.7. The number of halogens is 3. The van der Waals surface area contributed by atoms with Gasteiger partial charge in [-0.2, -0.15) is 5.26 Å². The summed E-state index contributed by atoms with van der Waals surface area (Å²) >= 11 is 17.5. The van der Waals surface area contributed by atoms with Crippen LogP contribution in [0, 0.1) is 11.3 Å². The van der Waals surface area contributed by atoms with Crippen LogP contribution in [0.3, 0.4) is 0 Å². The van der Waals surface area contributed by atoms with Crippen molar-refractivity contribution < 1.29 is 0 Å². The summed E-state index contributed by atoms with van der Waals surface area (Å²) in [6.07, 6.45) is 0.177. The molecule has 1 aromatic rings. The average Bonchev–Trinajstić information content (AvgIpc) is 2.11. The molecule has 5 heteroatoms. The molecule has 1 rings (SSSR count). The second-order valence-corrected chi connectivity index (χ2v) is 3.98. The van der Waals surface area contributed by atoms with Crippen LogP contribution < -0.4 is 5.73 Å². The first-order chi connectivity index (χ1) is 6.56. The second kappa shape index (κ2) is 4.86. The van der Waals surface area contributed by atoms with Crippen molar-refractivity contribution in [1.29, 1.82) is 5.26 Å². The Kier molecular flexibility index (Phi) is 4.03. The third-order valence-corrected chi connectivity index (χ3v) is 2.77. The molecular formula is C9H7Cl3N2. The van der Waals surface area contributed by atoms with E-state index in [1.54, 1.807) is 6.07 Å². The number of hydrogen-bond donors (Lipinski definition) is 1. The Morgan fingerprint density at radius 2 is 2.00 bits per heavy atom. The molecule has 0 fully saturated rings. The van der Waals surface area contributed by atoms with Crippen molar-refractivity contribution in [1.82, 2.24) is 0 Å². The maximum atomic E-state index is 8.49. The van der Waals surface area contributed by atoms with Gasteiger partial charge >= 0.3 is 0 Å². The molecule has 74 valence electrons. The van der Waals surface area contributed by atoms with E-state index in [1.807, 2.05) is 6.07 Å². The van der Waals surface area contributed by atoms with Crippen LogP contribution >= 0.6 is 34.8 Å². The van der Waals surface area contributed by atoms with Crippen LogP contribution in [0.15, 0.2) is 12.1 Å². The molecule has 0 aliphatic rings. The molecule has 2 nitrogen and oxygen atoms in total. The zero-order valence-electron chi connectivity index (χ0n) is 7.10. The van der Waals surface area contributed by atoms with E-state index >= 15 is 0 Å². The number of rotatable bonds is 2. The summed E-state index contributed by atoms with van der Waals surface area (Å²) in [4.78, 5) is 0. The van der Waals surface area contributed by atoms with Crippen molar-refractivity contribution in [2.24, 2.45) is 5.73 Å². The van der Waals surface area contributed by atoms with Gasteiger partial charge in [-0.25, -0.2) is 0 Å². The van der Waals surface area contributed by atoms with Crippen LogP contribution in [-0.4, -0.2) is 0 Å². The van der Waals surface area contributed by atoms with Gasteiger partial charge in [0.1, 0.15) is 0 Å². The van der Waals surface area contributed by atoms with E-state index < -0.39 is 6.04 Å². The molecule has 0 aliphatic carbocycles. The molecule has 0 unspecified atom stereocenters. The van der Waals surface area contributed by atoms with Crippen molar-refractivity contribution in [3.8, 4) is 6.07 Å². The smallest absolute Gasteiger partial charge is 0.0641 e. The van der Waals surface area contributed by atoms with Gasteiger partial charge < -0.3 is 5.73 Å². The van der Waals surface area contributed by atoms with E-state index in [0.29, 0.717) is 20.6 Å². The summed E-state index contributed by atoms with van der Waals surface area (Å²) in [5.41, 5.74) is 6.32. The van der Waals surface area contributed by atoms with Gasteiger partial charge in [0.05, 0.1) is 22.5 Å². The molecule has 0 aliphatic heterocycles. The summed E-state index contributed by atoms with van der Waals surface area (Å²) in [5.74, 6) is 0. The Morgan fingerprint density at radius 1 is 1.36 bits per heavy atom. The minimum Gasteiger partial charge on any atom is -0.323 e. The summed E-state index contributed by atoms with van der Waals surface area (Å²) in [5, 5.41) is 9.66. The highest BCUT2D eigenvalue weighted by Crippen LogP contribution is 2.33. The van der Waals surface area contributed by atoms with E-state index in [2.05, 4.69) is 0 Å². The fourth-order valence-corrected chi connectivity index (χ4v) is 1.81. The molecule has 0 spiro atoms. The summed E-state index contributed by atoms with van der Waals surface area (Å²) in [6, 6.07) is 4.67. The minimum absolute atomic E-state index is 0.177. The van der Waals surface area contributed by atoms with Crippen LogP contribution in [0.1, 0.15) is 18.0 Å². The monoisotopic (exact) mass is 248 g/mol. The third kappa shape index (κ3) is 2.52. The lowest BCUT2D eigenvalue weighted by atomic mass is 10.1. The Labute approximate surface area is 97.2 Å². The van der Waals surface area contributed by atoms with E-state index in [0.717, 1.165) is 0 Å². The molecule has 1 atom stereocenters. The lowest BCUT2D eigenvalue weighted by Gasteiger charge is -2.11. The summed E-state index contributed by atoms with van der Waals surface area (Å²) in [6.45, 7) is 0. The molecule has 0 heterocycles. The molecule has 2 N–H and O–H groups in total. The number of nitriles is 1. The third-order valence-electron chi connectivity index (χ3n) is 1.73. The van der Waals surface area contributed by atoms with E-state index in [4.69, 9.17) is 45.8 Å². The highest BCUT2D eigenvalue weighted by molar-refractivity contribution is 6.43. The highest BCUT2D eigenvalue weighted by atomic mass is 35.5. The number of nitrogens with two attached hydrogens (primary N) is 1. The molecule has 0 saturated carbocycles. The first-order valence-corrected chi connectivity index (χ1v) is 4.96. The first-order valence-electron chi connectivity index (χ1n) is 3.83. The van der Waals surface area contributed by atoms with Gasteiger partial charge in [-0.05, 0) is 17.7 Å². The normalized spacial score (nSPS) is 12.2. The molecule has 0 aromatic heterocycles. The van der Waals surface area contributed by atoms with Crippen molar-refractivity contribution in [2.45, 2.75) is 12.5 Å². The molecule has 0 radical (unpaired) electrons. The van der Waals surface area contributed by atoms with Gasteiger partial charge in [0, 0.05) is 11.1 Å². The fourth-order valence-electron chi connectivity index (χ4n) is 1.05. The van der Waals surface area contributed by atoms with Gasteiger partial charge in [0.15, 0.2) is 0 Å². The molecule has 14 heavy (non-hydrogen) atoms. The largest absolute Gasteiger partial charge is 0.323 e. The van der Waals surface area contributed by atoms with Gasteiger partial charge in [-0.1, -0.05) is 34.8 Å². The standard InChI is InChI=1S/C9H7Cl3N2/c10-5-3-6(8(14)1-2-13)9(12)7(11)4-5/h3-4,8H,1,14H2/t8-/m0/s1. The van der Waals surface area contributed by atoms with Crippen molar-refractivity contribution >= 4 is 34.8 Å².